The first-order valence-electron chi connectivity index (χ1n) is 9.54. The van der Waals surface area contributed by atoms with E-state index in [0.717, 1.165) is 12.0 Å². The molecule has 0 fully saturated rings. The molecule has 3 rings (SSSR count). The third-order valence-corrected chi connectivity index (χ3v) is 4.28. The Morgan fingerprint density at radius 3 is 2.62 bits per heavy atom. The molecular weight excluding hydrogens is 370 g/mol. The Bertz CT molecular complexity index is 933. The molecule has 0 bridgehead atoms. The lowest BCUT2D eigenvalue weighted by Crippen LogP contribution is -2.07. The standard InChI is InChI=1S/C23H25NO5/c1-16(2)11-12-27-20-10-9-18(13-21(20)26-3)23(25)29-15-19-14-28-22(24-19)17-7-5-4-6-8-17/h4-10,13-14,16H,11-12,15H2,1-3H3. The van der Waals surface area contributed by atoms with Crippen LogP contribution < -0.4 is 9.47 Å². The van der Waals surface area contributed by atoms with Crippen molar-refractivity contribution in [2.75, 3.05) is 13.7 Å². The van der Waals surface area contributed by atoms with E-state index in [1.165, 1.54) is 6.26 Å². The Morgan fingerprint density at radius 2 is 1.90 bits per heavy atom. The number of hydrogen-bond donors (Lipinski definition) is 0. The molecule has 152 valence electrons. The molecule has 29 heavy (non-hydrogen) atoms. The second-order valence-corrected chi connectivity index (χ2v) is 6.98. The fraction of sp³-hybridized carbons (Fsp3) is 0.304. The van der Waals surface area contributed by atoms with Crippen LogP contribution in [-0.2, 0) is 11.3 Å². The van der Waals surface area contributed by atoms with Crippen LogP contribution >= 0.6 is 0 Å². The molecule has 0 aliphatic heterocycles. The van der Waals surface area contributed by atoms with E-state index in [9.17, 15) is 4.79 Å². The van der Waals surface area contributed by atoms with Gasteiger partial charge in [0, 0.05) is 5.56 Å². The van der Waals surface area contributed by atoms with E-state index in [2.05, 4.69) is 18.8 Å². The maximum Gasteiger partial charge on any atom is 0.338 e. The molecule has 0 amide bonds. The van der Waals surface area contributed by atoms with Gasteiger partial charge >= 0.3 is 5.97 Å². The molecule has 0 aliphatic rings. The average Bonchev–Trinajstić information content (AvgIpc) is 3.21. The molecule has 1 heterocycles. The lowest BCUT2D eigenvalue weighted by molar-refractivity contribution is 0.0467. The van der Waals surface area contributed by atoms with Crippen molar-refractivity contribution in [3.05, 3.63) is 66.1 Å². The van der Waals surface area contributed by atoms with Gasteiger partial charge in [-0.25, -0.2) is 9.78 Å². The van der Waals surface area contributed by atoms with Gasteiger partial charge < -0.3 is 18.6 Å². The number of aromatic nitrogens is 1. The van der Waals surface area contributed by atoms with Gasteiger partial charge in [0.1, 0.15) is 18.6 Å². The third kappa shape index (κ3) is 5.60. The van der Waals surface area contributed by atoms with Crippen molar-refractivity contribution in [1.29, 1.82) is 0 Å². The van der Waals surface area contributed by atoms with E-state index in [0.29, 0.717) is 41.2 Å². The zero-order valence-electron chi connectivity index (χ0n) is 16.9. The van der Waals surface area contributed by atoms with Crippen LogP contribution in [0, 0.1) is 5.92 Å². The molecule has 0 saturated heterocycles. The number of esters is 1. The van der Waals surface area contributed by atoms with Crippen LogP contribution in [-0.4, -0.2) is 24.7 Å². The van der Waals surface area contributed by atoms with E-state index in [1.54, 1.807) is 25.3 Å². The predicted octanol–water partition coefficient (Wildman–Crippen LogP) is 5.13. The summed E-state index contributed by atoms with van der Waals surface area (Å²) in [6.07, 6.45) is 2.43. The molecule has 0 spiro atoms. The van der Waals surface area contributed by atoms with E-state index >= 15 is 0 Å². The third-order valence-electron chi connectivity index (χ3n) is 4.28. The van der Waals surface area contributed by atoms with Crippen molar-refractivity contribution >= 4 is 5.97 Å². The Kier molecular flexibility index (Phi) is 6.89. The minimum absolute atomic E-state index is 0.0180. The fourth-order valence-corrected chi connectivity index (χ4v) is 2.63. The maximum absolute atomic E-state index is 12.4. The minimum Gasteiger partial charge on any atom is -0.493 e. The number of methoxy groups -OCH3 is 1. The summed E-state index contributed by atoms with van der Waals surface area (Å²) < 4.78 is 21.9. The lowest BCUT2D eigenvalue weighted by atomic mass is 10.1. The van der Waals surface area contributed by atoms with Crippen LogP contribution in [0.3, 0.4) is 0 Å². The van der Waals surface area contributed by atoms with Crippen LogP contribution in [0.25, 0.3) is 11.5 Å². The summed E-state index contributed by atoms with van der Waals surface area (Å²) in [5.74, 6) is 1.67. The highest BCUT2D eigenvalue weighted by molar-refractivity contribution is 5.90. The van der Waals surface area contributed by atoms with Crippen LogP contribution in [0.15, 0.2) is 59.2 Å². The highest BCUT2D eigenvalue weighted by atomic mass is 16.5. The summed E-state index contributed by atoms with van der Waals surface area (Å²) in [5, 5.41) is 0. The van der Waals surface area contributed by atoms with E-state index < -0.39 is 5.97 Å². The van der Waals surface area contributed by atoms with Crippen LogP contribution in [0.2, 0.25) is 0 Å². The van der Waals surface area contributed by atoms with Crippen LogP contribution in [0.1, 0.15) is 36.3 Å². The number of benzene rings is 2. The second-order valence-electron chi connectivity index (χ2n) is 6.98. The van der Waals surface area contributed by atoms with Crippen LogP contribution in [0.5, 0.6) is 11.5 Å². The number of oxazole rings is 1. The zero-order valence-corrected chi connectivity index (χ0v) is 16.9. The van der Waals surface area contributed by atoms with Gasteiger partial charge in [0.05, 0.1) is 19.3 Å². The van der Waals surface area contributed by atoms with Gasteiger partial charge in [0.15, 0.2) is 11.5 Å². The smallest absolute Gasteiger partial charge is 0.338 e. The summed E-state index contributed by atoms with van der Waals surface area (Å²) in [6, 6.07) is 14.5. The Labute approximate surface area is 170 Å². The van der Waals surface area contributed by atoms with Crippen molar-refractivity contribution < 1.29 is 23.4 Å². The molecule has 0 aliphatic carbocycles. The molecule has 2 aromatic carbocycles. The number of rotatable bonds is 9. The number of ether oxygens (including phenoxy) is 3. The quantitative estimate of drug-likeness (QED) is 0.468. The molecule has 3 aromatic rings. The van der Waals surface area contributed by atoms with Gasteiger partial charge in [0.25, 0.3) is 0 Å². The SMILES string of the molecule is COc1cc(C(=O)OCc2coc(-c3ccccc3)n2)ccc1OCCC(C)C. The lowest BCUT2D eigenvalue weighted by Gasteiger charge is -2.12. The monoisotopic (exact) mass is 395 g/mol. The Balaban J connectivity index is 1.60. The Hall–Kier alpha value is -3.28. The van der Waals surface area contributed by atoms with Gasteiger partial charge in [-0.15, -0.1) is 0 Å². The van der Waals surface area contributed by atoms with Gasteiger partial charge in [-0.3, -0.25) is 0 Å². The first kappa shape index (κ1) is 20.5. The van der Waals surface area contributed by atoms with Crippen LogP contribution in [0.4, 0.5) is 0 Å². The Morgan fingerprint density at radius 1 is 1.10 bits per heavy atom. The molecular formula is C23H25NO5. The largest absolute Gasteiger partial charge is 0.493 e. The number of hydrogen-bond acceptors (Lipinski definition) is 6. The normalized spacial score (nSPS) is 10.8. The molecule has 0 radical (unpaired) electrons. The summed E-state index contributed by atoms with van der Waals surface area (Å²) in [4.78, 5) is 16.8. The van der Waals surface area contributed by atoms with Crippen molar-refractivity contribution in [3.63, 3.8) is 0 Å². The van der Waals surface area contributed by atoms with Gasteiger partial charge in [-0.2, -0.15) is 0 Å². The first-order chi connectivity index (χ1) is 14.1. The zero-order chi connectivity index (χ0) is 20.6. The van der Waals surface area contributed by atoms with Gasteiger partial charge in [-0.05, 0) is 42.7 Å². The molecule has 0 unspecified atom stereocenters. The van der Waals surface area contributed by atoms with Crippen molar-refractivity contribution in [2.24, 2.45) is 5.92 Å². The molecule has 6 heteroatoms. The van der Waals surface area contributed by atoms with E-state index in [1.807, 2.05) is 30.3 Å². The summed E-state index contributed by atoms with van der Waals surface area (Å²) in [5.41, 5.74) is 1.78. The second kappa shape index (κ2) is 9.78. The van der Waals surface area contributed by atoms with E-state index in [-0.39, 0.29) is 6.61 Å². The van der Waals surface area contributed by atoms with E-state index in [4.69, 9.17) is 18.6 Å². The molecule has 0 N–H and O–H groups in total. The van der Waals surface area contributed by atoms with Crippen molar-refractivity contribution in [1.82, 2.24) is 4.98 Å². The number of carbonyl (C=O) groups excluding carboxylic acids is 1. The molecule has 6 nitrogen and oxygen atoms in total. The topological polar surface area (TPSA) is 70.8 Å². The molecule has 0 saturated carbocycles. The average molecular weight is 395 g/mol. The highest BCUT2D eigenvalue weighted by Crippen LogP contribution is 2.29. The number of nitrogens with zero attached hydrogens (tertiary/aromatic N) is 1. The van der Waals surface area contributed by atoms with Crippen molar-refractivity contribution in [2.45, 2.75) is 26.9 Å². The summed E-state index contributed by atoms with van der Waals surface area (Å²) in [7, 11) is 1.54. The predicted molar refractivity (Wildman–Crippen MR) is 109 cm³/mol. The van der Waals surface area contributed by atoms with Gasteiger partial charge in [0.2, 0.25) is 5.89 Å². The first-order valence-corrected chi connectivity index (χ1v) is 9.54. The summed E-state index contributed by atoms with van der Waals surface area (Å²) >= 11 is 0. The minimum atomic E-state index is -0.471. The van der Waals surface area contributed by atoms with Crippen molar-refractivity contribution in [3.8, 4) is 23.0 Å². The molecule has 0 atom stereocenters. The fourth-order valence-electron chi connectivity index (χ4n) is 2.63. The maximum atomic E-state index is 12.4. The number of carbonyl (C=O) groups is 1. The highest BCUT2D eigenvalue weighted by Gasteiger charge is 2.14. The van der Waals surface area contributed by atoms with Gasteiger partial charge in [-0.1, -0.05) is 32.0 Å². The summed E-state index contributed by atoms with van der Waals surface area (Å²) in [6.45, 7) is 4.88. The molecule has 1 aromatic heterocycles.